The van der Waals surface area contributed by atoms with Gasteiger partial charge < -0.3 is 85.1 Å². The minimum Gasteiger partial charge on any atom is -0.756 e. The van der Waals surface area contributed by atoms with Gasteiger partial charge in [0.2, 0.25) is 12.4 Å². The molecule has 1 aromatic carbocycles. The minimum absolute atomic E-state index is 0.0262. The number of ether oxygens (including phenoxy) is 2. The summed E-state index contributed by atoms with van der Waals surface area (Å²) in [5.41, 5.74) is 6.25. The van der Waals surface area contributed by atoms with Gasteiger partial charge in [-0.25, -0.2) is 0 Å². The van der Waals surface area contributed by atoms with Crippen molar-refractivity contribution in [3.05, 3.63) is 40.2 Å². The highest BCUT2D eigenvalue weighted by Gasteiger charge is 2.45. The lowest BCUT2D eigenvalue weighted by atomic mass is 9.97. The number of aromatic nitrogens is 2. The number of rotatable bonds is 20. The first-order valence-electron chi connectivity index (χ1n) is 16.8. The quantitative estimate of drug-likeness (QED) is 0.0445. The number of benzene rings is 1. The first kappa shape index (κ1) is 43.5. The molecule has 2 aliphatic heterocycles. The van der Waals surface area contributed by atoms with Crippen LogP contribution in [0.5, 0.6) is 0 Å². The molecule has 1 fully saturated rings. The molecule has 306 valence electrons. The number of phosphoric acid groups is 1. The highest BCUT2D eigenvalue weighted by molar-refractivity contribution is 7.45. The van der Waals surface area contributed by atoms with E-state index >= 15 is 0 Å². The number of H-pyrrole nitrogens is 1. The van der Waals surface area contributed by atoms with Gasteiger partial charge in [0.25, 0.3) is 13.4 Å². The number of nitrogens with one attached hydrogen (secondary N) is 3. The number of aliphatic hydroxyl groups is 5. The van der Waals surface area contributed by atoms with Crippen molar-refractivity contribution in [2.45, 2.75) is 100 Å². The third kappa shape index (κ3) is 11.2. The summed E-state index contributed by atoms with van der Waals surface area (Å²) < 4.78 is 31.4. The molecule has 1 amide bonds. The van der Waals surface area contributed by atoms with E-state index in [1.807, 2.05) is 13.8 Å². The molecule has 23 nitrogen and oxygen atoms in total. The number of amides is 1. The number of phosphoric ester groups is 1. The molecule has 0 radical (unpaired) electrons. The normalized spacial score (nSPS) is 26.1. The SMILES string of the molecule is C[C@@H]1Nc2nc(N)[nH]c(=O)c2N(C=O)[C@H]1[C@@H](C)Nc1ccc(C[C@H](O)[C@H](O)[C@H](O)CO[C@H]2O[C@H](COP(=O)([O-])O[C@@H](CCC(=O)[O-])C(=O)[O-])[C@@H](O)[C@H]2O)cc1. The number of nitrogens with zero attached hydrogens (tertiary/aromatic N) is 2. The van der Waals surface area contributed by atoms with E-state index in [1.165, 1.54) is 4.90 Å². The molecule has 1 unspecified atom stereocenters. The zero-order valence-corrected chi connectivity index (χ0v) is 30.2. The summed E-state index contributed by atoms with van der Waals surface area (Å²) in [7, 11) is -5.43. The molecule has 24 heteroatoms. The number of nitrogens with two attached hydrogens (primary N) is 1. The minimum atomic E-state index is -5.43. The number of carboxylic acids is 2. The Morgan fingerprint density at radius 2 is 1.84 bits per heavy atom. The summed E-state index contributed by atoms with van der Waals surface area (Å²) >= 11 is 0. The number of hydrogen-bond acceptors (Lipinski definition) is 21. The Bertz CT molecular complexity index is 1750. The van der Waals surface area contributed by atoms with Crippen LogP contribution in [0.15, 0.2) is 29.1 Å². The maximum absolute atomic E-state index is 12.6. The van der Waals surface area contributed by atoms with Crippen molar-refractivity contribution in [3.8, 4) is 0 Å². The molecule has 0 aliphatic carbocycles. The lowest BCUT2D eigenvalue weighted by molar-refractivity contribution is -0.319. The molecule has 0 spiro atoms. The number of aromatic amines is 1. The second kappa shape index (κ2) is 18.6. The molecule has 0 saturated carbocycles. The lowest BCUT2D eigenvalue weighted by Gasteiger charge is -2.42. The van der Waals surface area contributed by atoms with E-state index in [4.69, 9.17) is 15.2 Å². The summed E-state index contributed by atoms with van der Waals surface area (Å²) in [6.07, 6.45) is -15.4. The number of aliphatic hydroxyl groups excluding tert-OH is 5. The smallest absolute Gasteiger partial charge is 0.278 e. The van der Waals surface area contributed by atoms with Crippen LogP contribution in [0, 0.1) is 0 Å². The summed E-state index contributed by atoms with van der Waals surface area (Å²) in [6, 6.07) is 5.38. The van der Waals surface area contributed by atoms with Crippen LogP contribution >= 0.6 is 7.82 Å². The van der Waals surface area contributed by atoms with E-state index in [1.54, 1.807) is 24.3 Å². The maximum Gasteiger partial charge on any atom is 0.278 e. The van der Waals surface area contributed by atoms with Crippen LogP contribution < -0.4 is 41.9 Å². The molecule has 0 bridgehead atoms. The van der Waals surface area contributed by atoms with Crippen LogP contribution in [0.1, 0.15) is 32.3 Å². The van der Waals surface area contributed by atoms with Gasteiger partial charge in [0.05, 0.1) is 31.3 Å². The predicted octanol–water partition coefficient (Wildman–Crippen LogP) is -5.76. The molecule has 1 saturated heterocycles. The fourth-order valence-corrected chi connectivity index (χ4v) is 7.01. The van der Waals surface area contributed by atoms with Crippen LogP contribution in [0.25, 0.3) is 0 Å². The van der Waals surface area contributed by atoms with Crippen molar-refractivity contribution < 1.29 is 78.1 Å². The third-order valence-electron chi connectivity index (χ3n) is 8.85. The number of fused-ring (bicyclic) bond motifs is 1. The van der Waals surface area contributed by atoms with Gasteiger partial charge in [-0.05, 0) is 44.4 Å². The maximum atomic E-state index is 12.6. The summed E-state index contributed by atoms with van der Waals surface area (Å²) in [6.45, 7) is 1.89. The Hall–Kier alpha value is -4.26. The highest BCUT2D eigenvalue weighted by atomic mass is 31.2. The Kier molecular flexibility index (Phi) is 14.7. The van der Waals surface area contributed by atoms with Crippen LogP contribution in [-0.2, 0) is 43.9 Å². The Labute approximate surface area is 312 Å². The van der Waals surface area contributed by atoms with Crippen molar-refractivity contribution in [2.75, 3.05) is 34.5 Å². The van der Waals surface area contributed by atoms with Crippen molar-refractivity contribution >= 4 is 49.3 Å². The first-order valence-corrected chi connectivity index (χ1v) is 18.2. The third-order valence-corrected chi connectivity index (χ3v) is 9.83. The molecular weight excluding hydrogens is 759 g/mol. The number of carbonyl (C=O) groups excluding carboxylic acids is 3. The Balaban J connectivity index is 1.25. The van der Waals surface area contributed by atoms with Gasteiger partial charge in [0.15, 0.2) is 17.8 Å². The monoisotopic (exact) mass is 801 g/mol. The van der Waals surface area contributed by atoms with Crippen LogP contribution in [0.2, 0.25) is 0 Å². The van der Waals surface area contributed by atoms with E-state index in [-0.39, 0.29) is 29.9 Å². The number of nitrogen functional groups attached to an aromatic ring is 1. The number of aliphatic carboxylic acids is 2. The molecule has 3 heterocycles. The molecule has 2 aromatic rings. The van der Waals surface area contributed by atoms with Crippen molar-refractivity contribution in [1.82, 2.24) is 9.97 Å². The van der Waals surface area contributed by atoms with Gasteiger partial charge in [-0.15, -0.1) is 0 Å². The molecule has 2 aliphatic rings. The van der Waals surface area contributed by atoms with Crippen LogP contribution in [0.4, 0.5) is 23.1 Å². The number of anilines is 4. The largest absolute Gasteiger partial charge is 0.756 e. The second-order valence-electron chi connectivity index (χ2n) is 13.0. The summed E-state index contributed by atoms with van der Waals surface area (Å²) in [5.74, 6) is -3.64. The fraction of sp³-hybridized carbons (Fsp3) is 0.581. The standard InChI is InChI=1S/C31H45N6O17P/c1-13(22-14(2)34-27-23(37(22)12-38)28(46)36-31(32)35-27)33-16-5-3-15(4-6-16)9-17(39)24(43)18(40)10-51-30-26(45)25(44)20(53-30)11-52-55(49,50)54-19(29(47)48)7-8-21(41)42/h3-6,12-14,17-20,22,24-26,30,33,39-40,43-45H,7-11H2,1-2H3,(H,41,42)(H,47,48)(H,49,50)(H4,32,34,35,36,46)/p-3/t13-,14+,17+,18-,19+,20-,22+,24+,25-,26-,30+/m1/s1. The number of carbonyl (C=O) groups is 3. The van der Waals surface area contributed by atoms with Gasteiger partial charge in [-0.3, -0.25) is 24.0 Å². The molecule has 10 N–H and O–H groups in total. The van der Waals surface area contributed by atoms with E-state index in [2.05, 4.69) is 29.6 Å². The molecule has 1 aromatic heterocycles. The van der Waals surface area contributed by atoms with Gasteiger partial charge in [0, 0.05) is 30.2 Å². The van der Waals surface area contributed by atoms with Gasteiger partial charge in [-0.1, -0.05) is 12.1 Å². The average molecular weight is 802 g/mol. The first-order chi connectivity index (χ1) is 25.8. The Morgan fingerprint density at radius 1 is 1.16 bits per heavy atom. The van der Waals surface area contributed by atoms with Gasteiger partial charge >= 0.3 is 0 Å². The average Bonchev–Trinajstić information content (AvgIpc) is 3.38. The van der Waals surface area contributed by atoms with E-state index in [0.29, 0.717) is 17.7 Å². The van der Waals surface area contributed by atoms with Crippen molar-refractivity contribution in [1.29, 1.82) is 0 Å². The highest BCUT2D eigenvalue weighted by Crippen LogP contribution is 2.41. The van der Waals surface area contributed by atoms with Crippen LogP contribution in [0.3, 0.4) is 0 Å². The zero-order chi connectivity index (χ0) is 40.8. The molecule has 4 rings (SSSR count). The molecule has 55 heavy (non-hydrogen) atoms. The topological polar surface area (TPSA) is 375 Å². The predicted molar refractivity (Wildman–Crippen MR) is 180 cm³/mol. The van der Waals surface area contributed by atoms with E-state index < -0.39 is 112 Å². The van der Waals surface area contributed by atoms with Crippen molar-refractivity contribution in [2.24, 2.45) is 0 Å². The van der Waals surface area contributed by atoms with Gasteiger partial charge in [0.1, 0.15) is 36.6 Å². The van der Waals surface area contributed by atoms with Gasteiger partial charge in [-0.2, -0.15) is 4.98 Å². The fourth-order valence-electron chi connectivity index (χ4n) is 6.11. The van der Waals surface area contributed by atoms with E-state index in [0.717, 1.165) is 0 Å². The Morgan fingerprint density at radius 3 is 2.45 bits per heavy atom. The lowest BCUT2D eigenvalue weighted by Crippen LogP contribution is -2.58. The summed E-state index contributed by atoms with van der Waals surface area (Å²) in [4.78, 5) is 66.2. The zero-order valence-electron chi connectivity index (χ0n) is 29.3. The molecular formula is C31H42N6O17P-3. The summed E-state index contributed by atoms with van der Waals surface area (Å²) in [5, 5.41) is 80.2. The number of hydrogen-bond donors (Lipinski definition) is 9. The van der Waals surface area contributed by atoms with Crippen LogP contribution in [-0.4, -0.2) is 134 Å². The molecule has 12 atom stereocenters. The second-order valence-corrected chi connectivity index (χ2v) is 14.3. The number of carboxylic acid groups (broad SMARTS) is 2. The van der Waals surface area contributed by atoms with E-state index in [9.17, 15) is 64.4 Å². The van der Waals surface area contributed by atoms with Crippen molar-refractivity contribution in [3.63, 3.8) is 0 Å².